The molecule has 0 unspecified atom stereocenters. The second-order valence-corrected chi connectivity index (χ2v) is 6.26. The summed E-state index contributed by atoms with van der Waals surface area (Å²) in [6, 6.07) is 8.62. The minimum absolute atomic E-state index is 0.220. The molecular formula is C17H25N3O. The Morgan fingerprint density at radius 3 is 2.71 bits per heavy atom. The third-order valence-electron chi connectivity index (χ3n) is 4.76. The van der Waals surface area contributed by atoms with Crippen molar-refractivity contribution in [1.82, 2.24) is 10.2 Å². The van der Waals surface area contributed by atoms with Crippen LogP contribution in [0.4, 0.5) is 5.69 Å². The zero-order valence-corrected chi connectivity index (χ0v) is 12.8. The highest BCUT2D eigenvalue weighted by molar-refractivity contribution is 5.83. The average Bonchev–Trinajstić information content (AvgIpc) is 2.52. The lowest BCUT2D eigenvalue weighted by atomic mass is 9.90. The minimum atomic E-state index is 0.220. The number of piperazine rings is 1. The molecular weight excluding hydrogens is 262 g/mol. The van der Waals surface area contributed by atoms with Gasteiger partial charge in [0.15, 0.2) is 0 Å². The van der Waals surface area contributed by atoms with E-state index in [1.54, 1.807) is 0 Å². The van der Waals surface area contributed by atoms with Crippen molar-refractivity contribution in [2.45, 2.75) is 19.3 Å². The largest absolute Gasteiger partial charge is 0.360 e. The Morgan fingerprint density at radius 1 is 1.19 bits per heavy atom. The van der Waals surface area contributed by atoms with E-state index in [2.05, 4.69) is 34.5 Å². The van der Waals surface area contributed by atoms with Gasteiger partial charge < -0.3 is 15.1 Å². The van der Waals surface area contributed by atoms with Gasteiger partial charge >= 0.3 is 0 Å². The third-order valence-corrected chi connectivity index (χ3v) is 4.76. The van der Waals surface area contributed by atoms with Crippen LogP contribution in [0.3, 0.4) is 0 Å². The molecule has 1 N–H and O–H groups in total. The summed E-state index contributed by atoms with van der Waals surface area (Å²) in [6.45, 7) is 4.55. The van der Waals surface area contributed by atoms with Crippen molar-refractivity contribution in [3.8, 4) is 0 Å². The molecule has 0 spiro atoms. The molecule has 0 aliphatic carbocycles. The van der Waals surface area contributed by atoms with Crippen molar-refractivity contribution in [3.63, 3.8) is 0 Å². The zero-order chi connectivity index (χ0) is 14.7. The van der Waals surface area contributed by atoms with Crippen molar-refractivity contribution in [2.75, 3.05) is 44.7 Å². The van der Waals surface area contributed by atoms with Crippen molar-refractivity contribution < 1.29 is 4.79 Å². The average molecular weight is 287 g/mol. The van der Waals surface area contributed by atoms with Crippen LogP contribution in [0.1, 0.15) is 18.4 Å². The maximum absolute atomic E-state index is 12.0. The molecule has 0 aromatic heterocycles. The molecule has 4 nitrogen and oxygen atoms in total. The highest BCUT2D eigenvalue weighted by Crippen LogP contribution is 2.27. The monoisotopic (exact) mass is 287 g/mol. The number of benzene rings is 1. The number of anilines is 1. The first-order valence-electron chi connectivity index (χ1n) is 8.01. The molecule has 2 saturated heterocycles. The predicted molar refractivity (Wildman–Crippen MR) is 85.6 cm³/mol. The molecule has 2 aliphatic rings. The van der Waals surface area contributed by atoms with Gasteiger partial charge in [0.1, 0.15) is 0 Å². The summed E-state index contributed by atoms with van der Waals surface area (Å²) in [5.74, 6) is 0.994. The van der Waals surface area contributed by atoms with Crippen LogP contribution in [0.25, 0.3) is 0 Å². The summed E-state index contributed by atoms with van der Waals surface area (Å²) in [4.78, 5) is 16.0. The standard InChI is InChI=1S/C17H25N3O/c1-19-10-11-20(13-17(19)21)16-5-3-2-4-15(16)12-14-6-8-18-9-7-14/h2-5,14,18H,6-13H2,1H3. The molecule has 4 heteroatoms. The van der Waals surface area contributed by atoms with Gasteiger partial charge in [-0.05, 0) is 49.9 Å². The highest BCUT2D eigenvalue weighted by Gasteiger charge is 2.23. The number of carbonyl (C=O) groups excluding carboxylic acids is 1. The number of carbonyl (C=O) groups is 1. The van der Waals surface area contributed by atoms with Crippen LogP contribution >= 0.6 is 0 Å². The maximum Gasteiger partial charge on any atom is 0.241 e. The van der Waals surface area contributed by atoms with E-state index >= 15 is 0 Å². The molecule has 0 saturated carbocycles. The molecule has 114 valence electrons. The Hall–Kier alpha value is -1.55. The Bertz CT molecular complexity index is 497. The van der Waals surface area contributed by atoms with Gasteiger partial charge in [-0.25, -0.2) is 0 Å². The summed E-state index contributed by atoms with van der Waals surface area (Å²) in [5, 5.41) is 3.43. The van der Waals surface area contributed by atoms with Crippen molar-refractivity contribution in [3.05, 3.63) is 29.8 Å². The van der Waals surface area contributed by atoms with Crippen molar-refractivity contribution >= 4 is 11.6 Å². The fraction of sp³-hybridized carbons (Fsp3) is 0.588. The van der Waals surface area contributed by atoms with Gasteiger partial charge in [0.2, 0.25) is 5.91 Å². The summed E-state index contributed by atoms with van der Waals surface area (Å²) < 4.78 is 0. The van der Waals surface area contributed by atoms with Crippen LogP contribution in [0.2, 0.25) is 0 Å². The summed E-state index contributed by atoms with van der Waals surface area (Å²) in [5.41, 5.74) is 2.67. The molecule has 1 aromatic carbocycles. The molecule has 2 fully saturated rings. The maximum atomic E-state index is 12.0. The van der Waals surface area contributed by atoms with E-state index in [-0.39, 0.29) is 5.91 Å². The van der Waals surface area contributed by atoms with Crippen molar-refractivity contribution in [2.24, 2.45) is 5.92 Å². The van der Waals surface area contributed by atoms with Crippen LogP contribution in [0.5, 0.6) is 0 Å². The van der Waals surface area contributed by atoms with Crippen LogP contribution in [0, 0.1) is 5.92 Å². The van der Waals surface area contributed by atoms with Gasteiger partial charge in [0, 0.05) is 25.8 Å². The first-order chi connectivity index (χ1) is 10.2. The Labute approximate surface area is 127 Å². The number of likely N-dealkylation sites (N-methyl/N-ethyl adjacent to an activating group) is 1. The van der Waals surface area contributed by atoms with Gasteiger partial charge in [-0.3, -0.25) is 4.79 Å². The Balaban J connectivity index is 1.74. The number of nitrogens with zero attached hydrogens (tertiary/aromatic N) is 2. The van der Waals surface area contributed by atoms with Gasteiger partial charge in [-0.2, -0.15) is 0 Å². The molecule has 0 atom stereocenters. The van der Waals surface area contributed by atoms with Crippen LogP contribution in [-0.2, 0) is 11.2 Å². The molecule has 0 radical (unpaired) electrons. The number of para-hydroxylation sites is 1. The Kier molecular flexibility index (Phi) is 4.44. The normalized spacial score (nSPS) is 20.9. The number of nitrogens with one attached hydrogen (secondary N) is 1. The molecule has 0 bridgehead atoms. The van der Waals surface area contributed by atoms with Crippen LogP contribution < -0.4 is 10.2 Å². The number of rotatable bonds is 3. The third kappa shape index (κ3) is 3.38. The van der Waals surface area contributed by atoms with E-state index in [0.717, 1.165) is 38.5 Å². The lowest BCUT2D eigenvalue weighted by molar-refractivity contribution is -0.129. The van der Waals surface area contributed by atoms with Gasteiger partial charge in [-0.15, -0.1) is 0 Å². The molecule has 1 amide bonds. The van der Waals surface area contributed by atoms with Crippen LogP contribution in [0.15, 0.2) is 24.3 Å². The Morgan fingerprint density at radius 2 is 1.95 bits per heavy atom. The second-order valence-electron chi connectivity index (χ2n) is 6.26. The molecule has 1 aromatic rings. The van der Waals surface area contributed by atoms with E-state index in [4.69, 9.17) is 0 Å². The van der Waals surface area contributed by atoms with Gasteiger partial charge in [0.25, 0.3) is 0 Å². The predicted octanol–water partition coefficient (Wildman–Crippen LogP) is 1.51. The van der Waals surface area contributed by atoms with Crippen molar-refractivity contribution in [1.29, 1.82) is 0 Å². The fourth-order valence-electron chi connectivity index (χ4n) is 3.35. The van der Waals surface area contributed by atoms with E-state index in [0.29, 0.717) is 6.54 Å². The van der Waals surface area contributed by atoms with E-state index in [1.165, 1.54) is 24.1 Å². The number of hydrogen-bond donors (Lipinski definition) is 1. The first kappa shape index (κ1) is 14.4. The highest BCUT2D eigenvalue weighted by atomic mass is 16.2. The smallest absolute Gasteiger partial charge is 0.241 e. The molecule has 21 heavy (non-hydrogen) atoms. The minimum Gasteiger partial charge on any atom is -0.360 e. The first-order valence-corrected chi connectivity index (χ1v) is 8.01. The lowest BCUT2D eigenvalue weighted by Gasteiger charge is -2.35. The van der Waals surface area contributed by atoms with E-state index in [1.807, 2.05) is 11.9 Å². The van der Waals surface area contributed by atoms with Gasteiger partial charge in [0.05, 0.1) is 6.54 Å². The van der Waals surface area contributed by atoms with Crippen LogP contribution in [-0.4, -0.2) is 50.6 Å². The number of hydrogen-bond acceptors (Lipinski definition) is 3. The topological polar surface area (TPSA) is 35.6 Å². The summed E-state index contributed by atoms with van der Waals surface area (Å²) in [6.07, 6.45) is 3.66. The number of amides is 1. The second kappa shape index (κ2) is 6.48. The zero-order valence-electron chi connectivity index (χ0n) is 12.8. The quantitative estimate of drug-likeness (QED) is 0.915. The van der Waals surface area contributed by atoms with E-state index in [9.17, 15) is 4.79 Å². The summed E-state index contributed by atoms with van der Waals surface area (Å²) in [7, 11) is 1.89. The van der Waals surface area contributed by atoms with Gasteiger partial charge in [-0.1, -0.05) is 18.2 Å². The molecule has 2 heterocycles. The summed E-state index contributed by atoms with van der Waals surface area (Å²) >= 11 is 0. The fourth-order valence-corrected chi connectivity index (χ4v) is 3.35. The van der Waals surface area contributed by atoms with E-state index < -0.39 is 0 Å². The number of piperidine rings is 1. The SMILES string of the molecule is CN1CCN(c2ccccc2CC2CCNCC2)CC1=O. The molecule has 2 aliphatic heterocycles. The lowest BCUT2D eigenvalue weighted by Crippen LogP contribution is -2.48. The molecule has 3 rings (SSSR count).